The lowest BCUT2D eigenvalue weighted by molar-refractivity contribution is -0.167. The normalized spacial score (nSPS) is 12.9. The topological polar surface area (TPSA) is 78.9 Å². The first-order chi connectivity index (χ1) is 40.0. The summed E-state index contributed by atoms with van der Waals surface area (Å²) in [4.78, 5) is 38.3. The average molecular weight is 1120 g/mol. The number of rotatable bonds is 61. The van der Waals surface area contributed by atoms with Crippen LogP contribution < -0.4 is 0 Å². The summed E-state index contributed by atoms with van der Waals surface area (Å²) in [5, 5.41) is 0. The number of unbranched alkanes of at least 4 members (excludes halogenated alkanes) is 30. The molecular weight excluding hydrogens is 997 g/mol. The van der Waals surface area contributed by atoms with E-state index in [9.17, 15) is 14.4 Å². The monoisotopic (exact) mass is 1120 g/mol. The Morgan fingerprint density at radius 1 is 0.259 bits per heavy atom. The van der Waals surface area contributed by atoms with Gasteiger partial charge in [-0.3, -0.25) is 14.4 Å². The van der Waals surface area contributed by atoms with Crippen LogP contribution in [0.1, 0.15) is 316 Å². The minimum atomic E-state index is -0.786. The van der Waals surface area contributed by atoms with E-state index >= 15 is 0 Å². The molecule has 6 heteroatoms. The molecule has 0 bridgehead atoms. The Balaban J connectivity index is 4.26. The summed E-state index contributed by atoms with van der Waals surface area (Å²) in [6.07, 6.45) is 95.0. The predicted octanol–water partition coefficient (Wildman–Crippen LogP) is 23.6. The molecule has 1 unspecified atom stereocenters. The van der Waals surface area contributed by atoms with E-state index < -0.39 is 6.10 Å². The molecule has 6 nitrogen and oxygen atoms in total. The molecular formula is C75H126O6. The molecule has 1 atom stereocenters. The Morgan fingerprint density at radius 2 is 0.481 bits per heavy atom. The maximum Gasteiger partial charge on any atom is 0.306 e. The van der Waals surface area contributed by atoms with Crippen LogP contribution in [0, 0.1) is 0 Å². The summed E-state index contributed by atoms with van der Waals surface area (Å²) in [5.41, 5.74) is 0. The van der Waals surface area contributed by atoms with Gasteiger partial charge in [-0.1, -0.05) is 309 Å². The Hall–Kier alpha value is -4.19. The summed E-state index contributed by atoms with van der Waals surface area (Å²) in [5.74, 6) is -0.885. The quantitative estimate of drug-likeness (QED) is 0.0261. The van der Waals surface area contributed by atoms with E-state index in [2.05, 4.69) is 142 Å². The van der Waals surface area contributed by atoms with Crippen molar-refractivity contribution < 1.29 is 28.6 Å². The molecule has 0 saturated heterocycles. The summed E-state index contributed by atoms with van der Waals surface area (Å²) in [6, 6.07) is 0. The number of allylic oxidation sites excluding steroid dienone is 20. The van der Waals surface area contributed by atoms with Crippen molar-refractivity contribution in [1.29, 1.82) is 0 Å². The van der Waals surface area contributed by atoms with Gasteiger partial charge in [0.2, 0.25) is 0 Å². The van der Waals surface area contributed by atoms with Crippen molar-refractivity contribution in [3.05, 3.63) is 122 Å². The predicted molar refractivity (Wildman–Crippen MR) is 353 cm³/mol. The average Bonchev–Trinajstić information content (AvgIpc) is 3.47. The standard InChI is InChI=1S/C75H126O6/c1-4-7-10-13-16-19-22-24-26-28-30-32-34-35-36-37-38-39-41-42-44-46-48-50-53-56-59-62-65-68-74(77)80-71-72(70-79-73(76)67-64-61-58-55-52-21-18-15-12-9-6-3)81-75(78)69-66-63-60-57-54-51-49-47-45-43-40-33-31-29-27-25-23-20-17-14-11-8-5-2/h7-8,10-11,16-17,19-20,24-27,30-33,35-36,43,45,72H,4-6,9,12-15,18,21-23,28-29,34,37-42,44,46-71H2,1-3H3/b10-7-,11-8-,19-16-,20-17-,26-24-,27-25-,32-30-,33-31-,36-35-,45-43-. The van der Waals surface area contributed by atoms with Crippen molar-refractivity contribution in [2.75, 3.05) is 13.2 Å². The van der Waals surface area contributed by atoms with Crippen LogP contribution in [-0.4, -0.2) is 37.2 Å². The van der Waals surface area contributed by atoms with Crippen molar-refractivity contribution in [2.24, 2.45) is 0 Å². The molecule has 0 radical (unpaired) electrons. The highest BCUT2D eigenvalue weighted by Gasteiger charge is 2.19. The third kappa shape index (κ3) is 66.5. The molecule has 0 fully saturated rings. The Bertz CT molecular complexity index is 1670. The highest BCUT2D eigenvalue weighted by molar-refractivity contribution is 5.71. The summed E-state index contributed by atoms with van der Waals surface area (Å²) in [6.45, 7) is 6.42. The van der Waals surface area contributed by atoms with Gasteiger partial charge in [-0.25, -0.2) is 0 Å². The van der Waals surface area contributed by atoms with Crippen LogP contribution in [0.4, 0.5) is 0 Å². The molecule has 0 aliphatic heterocycles. The Kier molecular flexibility index (Phi) is 64.8. The van der Waals surface area contributed by atoms with E-state index in [0.29, 0.717) is 19.3 Å². The van der Waals surface area contributed by atoms with Crippen LogP contribution in [0.15, 0.2) is 122 Å². The molecule has 0 aromatic rings. The fourth-order valence-corrected chi connectivity index (χ4v) is 9.44. The first-order valence-corrected chi connectivity index (χ1v) is 34.0. The molecule has 0 N–H and O–H groups in total. The first kappa shape index (κ1) is 76.8. The second kappa shape index (κ2) is 68.3. The van der Waals surface area contributed by atoms with Crippen molar-refractivity contribution >= 4 is 17.9 Å². The van der Waals surface area contributed by atoms with Gasteiger partial charge in [-0.05, 0) is 109 Å². The zero-order valence-electron chi connectivity index (χ0n) is 53.0. The maximum absolute atomic E-state index is 12.9. The molecule has 0 aliphatic rings. The second-order valence-electron chi connectivity index (χ2n) is 22.3. The number of carbonyl (C=O) groups is 3. The van der Waals surface area contributed by atoms with Crippen molar-refractivity contribution in [3.8, 4) is 0 Å². The minimum Gasteiger partial charge on any atom is -0.462 e. The van der Waals surface area contributed by atoms with Gasteiger partial charge in [0.15, 0.2) is 6.10 Å². The molecule has 0 aromatic heterocycles. The van der Waals surface area contributed by atoms with E-state index in [4.69, 9.17) is 14.2 Å². The lowest BCUT2D eigenvalue weighted by Gasteiger charge is -2.18. The first-order valence-electron chi connectivity index (χ1n) is 34.0. The fourth-order valence-electron chi connectivity index (χ4n) is 9.44. The van der Waals surface area contributed by atoms with E-state index in [0.717, 1.165) is 128 Å². The van der Waals surface area contributed by atoms with Crippen molar-refractivity contribution in [2.45, 2.75) is 322 Å². The SMILES string of the molecule is CC/C=C\C/C=C\C/C=C\C/C=C\C/C=C\CCCCCCCCCCCCCCCC(=O)OCC(COC(=O)CCCCCCCCCCCCC)OC(=O)CCCCCCCCC/C=C\C/C=C\C/C=C\C/C=C\C/C=C\CC. The highest BCUT2D eigenvalue weighted by Crippen LogP contribution is 2.17. The number of hydrogen-bond acceptors (Lipinski definition) is 6. The van der Waals surface area contributed by atoms with Crippen molar-refractivity contribution in [1.82, 2.24) is 0 Å². The van der Waals surface area contributed by atoms with Crippen LogP contribution in [0.25, 0.3) is 0 Å². The van der Waals surface area contributed by atoms with Crippen LogP contribution in [0.2, 0.25) is 0 Å². The Morgan fingerprint density at radius 3 is 0.753 bits per heavy atom. The van der Waals surface area contributed by atoms with E-state index in [1.165, 1.54) is 148 Å². The van der Waals surface area contributed by atoms with Gasteiger partial charge in [0.05, 0.1) is 0 Å². The van der Waals surface area contributed by atoms with E-state index in [1.807, 2.05) is 0 Å². The highest BCUT2D eigenvalue weighted by atomic mass is 16.6. The van der Waals surface area contributed by atoms with Gasteiger partial charge in [0.1, 0.15) is 13.2 Å². The van der Waals surface area contributed by atoms with Crippen LogP contribution in [-0.2, 0) is 28.6 Å². The van der Waals surface area contributed by atoms with Crippen LogP contribution in [0.5, 0.6) is 0 Å². The summed E-state index contributed by atoms with van der Waals surface area (Å²) < 4.78 is 16.9. The molecule has 0 amide bonds. The molecule has 0 spiro atoms. The third-order valence-corrected chi connectivity index (χ3v) is 14.5. The molecule has 462 valence electrons. The number of esters is 3. The molecule has 0 rings (SSSR count). The molecule has 81 heavy (non-hydrogen) atoms. The third-order valence-electron chi connectivity index (χ3n) is 14.5. The summed E-state index contributed by atoms with van der Waals surface area (Å²) >= 11 is 0. The molecule has 0 aromatic carbocycles. The number of ether oxygens (including phenoxy) is 3. The summed E-state index contributed by atoms with van der Waals surface area (Å²) in [7, 11) is 0. The lowest BCUT2D eigenvalue weighted by Crippen LogP contribution is -2.30. The largest absolute Gasteiger partial charge is 0.462 e. The van der Waals surface area contributed by atoms with E-state index in [1.54, 1.807) is 0 Å². The Labute approximate surface area is 501 Å². The van der Waals surface area contributed by atoms with Gasteiger partial charge in [-0.15, -0.1) is 0 Å². The minimum absolute atomic E-state index is 0.0814. The van der Waals surface area contributed by atoms with Crippen molar-refractivity contribution in [3.63, 3.8) is 0 Å². The maximum atomic E-state index is 12.9. The van der Waals surface area contributed by atoms with E-state index in [-0.39, 0.29) is 31.1 Å². The smallest absolute Gasteiger partial charge is 0.306 e. The van der Waals surface area contributed by atoms with Crippen LogP contribution >= 0.6 is 0 Å². The van der Waals surface area contributed by atoms with Gasteiger partial charge in [0, 0.05) is 19.3 Å². The number of hydrogen-bond donors (Lipinski definition) is 0. The van der Waals surface area contributed by atoms with Gasteiger partial charge in [-0.2, -0.15) is 0 Å². The second-order valence-corrected chi connectivity index (χ2v) is 22.3. The lowest BCUT2D eigenvalue weighted by atomic mass is 10.0. The van der Waals surface area contributed by atoms with Gasteiger partial charge in [0.25, 0.3) is 0 Å². The van der Waals surface area contributed by atoms with Gasteiger partial charge >= 0.3 is 17.9 Å². The van der Waals surface area contributed by atoms with Crippen LogP contribution in [0.3, 0.4) is 0 Å². The fraction of sp³-hybridized carbons (Fsp3) is 0.693. The molecule has 0 aliphatic carbocycles. The van der Waals surface area contributed by atoms with Gasteiger partial charge < -0.3 is 14.2 Å². The number of carbonyl (C=O) groups excluding carboxylic acids is 3. The zero-order chi connectivity index (χ0) is 58.5. The molecule has 0 saturated carbocycles. The zero-order valence-corrected chi connectivity index (χ0v) is 53.0. The molecule has 0 heterocycles.